The molecular weight excluding hydrogens is 256 g/mol. The zero-order valence-electron chi connectivity index (χ0n) is 11.2. The van der Waals surface area contributed by atoms with Crippen molar-refractivity contribution in [3.63, 3.8) is 0 Å². The Kier molecular flexibility index (Phi) is 2.68. The number of aliphatic hydroxyl groups is 1. The maximum Gasteiger partial charge on any atom is 0.243 e. The predicted molar refractivity (Wildman–Crippen MR) is 73.5 cm³/mol. The number of nitrogens with one attached hydrogen (secondary N) is 1. The molecule has 0 radical (unpaired) electrons. The highest BCUT2D eigenvalue weighted by Gasteiger charge is 2.55. The van der Waals surface area contributed by atoms with Crippen LogP contribution in [0.15, 0.2) is 24.4 Å². The molecule has 0 unspecified atom stereocenters. The number of anilines is 1. The smallest absolute Gasteiger partial charge is 0.243 e. The number of hydrogen-bond donors (Lipinski definition) is 2. The minimum absolute atomic E-state index is 0.0598. The van der Waals surface area contributed by atoms with E-state index in [1.165, 1.54) is 0 Å². The Balaban J connectivity index is 1.56. The van der Waals surface area contributed by atoms with E-state index in [9.17, 15) is 5.11 Å². The first kappa shape index (κ1) is 12.1. The van der Waals surface area contributed by atoms with Gasteiger partial charge in [0, 0.05) is 30.9 Å². The van der Waals surface area contributed by atoms with Crippen molar-refractivity contribution in [3.05, 3.63) is 24.4 Å². The third kappa shape index (κ3) is 1.72. The van der Waals surface area contributed by atoms with Gasteiger partial charge in [0.05, 0.1) is 6.10 Å². The molecule has 1 aliphatic carbocycles. The molecule has 2 atom stereocenters. The van der Waals surface area contributed by atoms with Crippen LogP contribution >= 0.6 is 0 Å². The molecular formula is C14H18N4O2. The van der Waals surface area contributed by atoms with E-state index in [2.05, 4.69) is 15.4 Å². The van der Waals surface area contributed by atoms with E-state index in [0.29, 0.717) is 5.95 Å². The van der Waals surface area contributed by atoms with Gasteiger partial charge in [-0.1, -0.05) is 6.07 Å². The van der Waals surface area contributed by atoms with Gasteiger partial charge in [-0.15, -0.1) is 5.10 Å². The van der Waals surface area contributed by atoms with Gasteiger partial charge in [0.15, 0.2) is 5.65 Å². The van der Waals surface area contributed by atoms with Gasteiger partial charge < -0.3 is 15.2 Å². The van der Waals surface area contributed by atoms with Gasteiger partial charge in [-0.2, -0.15) is 4.98 Å². The van der Waals surface area contributed by atoms with Crippen LogP contribution < -0.4 is 5.32 Å². The molecule has 2 aromatic rings. The lowest BCUT2D eigenvalue weighted by atomic mass is 9.58. The topological polar surface area (TPSA) is 71.7 Å². The predicted octanol–water partition coefficient (Wildman–Crippen LogP) is 1.07. The lowest BCUT2D eigenvalue weighted by Gasteiger charge is -2.55. The number of nitrogens with zero attached hydrogens (tertiary/aromatic N) is 3. The minimum Gasteiger partial charge on any atom is -0.392 e. The Morgan fingerprint density at radius 2 is 2.20 bits per heavy atom. The third-order valence-corrected chi connectivity index (χ3v) is 4.78. The van der Waals surface area contributed by atoms with Gasteiger partial charge in [0.1, 0.15) is 0 Å². The zero-order valence-corrected chi connectivity index (χ0v) is 11.2. The highest BCUT2D eigenvalue weighted by molar-refractivity contribution is 5.44. The van der Waals surface area contributed by atoms with Crippen LogP contribution in [-0.2, 0) is 4.74 Å². The lowest BCUT2D eigenvalue weighted by Crippen LogP contribution is -2.62. The number of fused-ring (bicyclic) bond motifs is 1. The second-order valence-electron chi connectivity index (χ2n) is 5.73. The van der Waals surface area contributed by atoms with Crippen LogP contribution in [-0.4, -0.2) is 45.1 Å². The Morgan fingerprint density at radius 3 is 2.95 bits per heavy atom. The van der Waals surface area contributed by atoms with E-state index in [0.717, 1.165) is 38.1 Å². The molecule has 4 rings (SSSR count). The van der Waals surface area contributed by atoms with Crippen LogP contribution in [0.3, 0.4) is 0 Å². The molecule has 2 aliphatic rings. The Bertz CT molecular complexity index is 587. The quantitative estimate of drug-likeness (QED) is 0.857. The molecule has 3 heterocycles. The lowest BCUT2D eigenvalue weighted by molar-refractivity contribution is -0.133. The summed E-state index contributed by atoms with van der Waals surface area (Å²) < 4.78 is 7.18. The summed E-state index contributed by atoms with van der Waals surface area (Å²) in [5, 5.41) is 18.0. The van der Waals surface area contributed by atoms with Crippen molar-refractivity contribution in [2.45, 2.75) is 31.4 Å². The van der Waals surface area contributed by atoms with Gasteiger partial charge in [0.2, 0.25) is 5.95 Å². The molecule has 20 heavy (non-hydrogen) atoms. The largest absolute Gasteiger partial charge is 0.392 e. The number of ether oxygens (including phenoxy) is 1. The summed E-state index contributed by atoms with van der Waals surface area (Å²) in [5.41, 5.74) is 0.770. The van der Waals surface area contributed by atoms with Crippen LogP contribution in [0.2, 0.25) is 0 Å². The Morgan fingerprint density at radius 1 is 1.35 bits per heavy atom. The number of aromatic nitrogens is 3. The summed E-state index contributed by atoms with van der Waals surface area (Å²) in [6.07, 6.45) is 4.21. The van der Waals surface area contributed by atoms with Crippen molar-refractivity contribution in [2.75, 3.05) is 18.5 Å². The average molecular weight is 274 g/mol. The molecule has 0 amide bonds. The fraction of sp³-hybridized carbons (Fsp3) is 0.571. The molecule has 1 saturated heterocycles. The van der Waals surface area contributed by atoms with Gasteiger partial charge >= 0.3 is 0 Å². The zero-order chi connectivity index (χ0) is 13.6. The highest BCUT2D eigenvalue weighted by atomic mass is 16.5. The fourth-order valence-electron chi connectivity index (χ4n) is 3.45. The minimum atomic E-state index is -0.235. The number of rotatable bonds is 2. The first-order chi connectivity index (χ1) is 9.78. The van der Waals surface area contributed by atoms with E-state index < -0.39 is 0 Å². The summed E-state index contributed by atoms with van der Waals surface area (Å²) in [6, 6.07) is 6.04. The Labute approximate surface area is 116 Å². The molecule has 1 aliphatic heterocycles. The van der Waals surface area contributed by atoms with Gasteiger partial charge in [-0.25, -0.2) is 4.52 Å². The van der Waals surface area contributed by atoms with Crippen LogP contribution in [0, 0.1) is 5.41 Å². The maximum atomic E-state index is 10.2. The van der Waals surface area contributed by atoms with Gasteiger partial charge in [0.25, 0.3) is 0 Å². The molecule has 2 N–H and O–H groups in total. The molecule has 6 nitrogen and oxygen atoms in total. The standard InChI is InChI=1S/C14H18N4O2/c19-11-9-10(14(11)4-7-20-8-5-14)15-13-16-12-3-1-2-6-18(12)17-13/h1-3,6,10-11,19H,4-5,7-9H2,(H,15,17)/t10-,11-/m1/s1. The summed E-state index contributed by atoms with van der Waals surface area (Å²) in [6.45, 7) is 1.46. The average Bonchev–Trinajstić information content (AvgIpc) is 2.90. The molecule has 1 saturated carbocycles. The van der Waals surface area contributed by atoms with Crippen molar-refractivity contribution in [2.24, 2.45) is 5.41 Å². The van der Waals surface area contributed by atoms with Crippen molar-refractivity contribution in [1.82, 2.24) is 14.6 Å². The Hall–Kier alpha value is -1.66. The second kappa shape index (κ2) is 4.43. The molecule has 106 valence electrons. The van der Waals surface area contributed by atoms with E-state index in [1.54, 1.807) is 4.52 Å². The maximum absolute atomic E-state index is 10.2. The summed E-state index contributed by atoms with van der Waals surface area (Å²) >= 11 is 0. The fourth-order valence-corrected chi connectivity index (χ4v) is 3.45. The summed E-state index contributed by atoms with van der Waals surface area (Å²) in [7, 11) is 0. The van der Waals surface area contributed by atoms with E-state index in [4.69, 9.17) is 4.74 Å². The molecule has 0 aromatic carbocycles. The van der Waals surface area contributed by atoms with E-state index in [1.807, 2.05) is 24.4 Å². The normalized spacial score (nSPS) is 28.4. The van der Waals surface area contributed by atoms with Crippen LogP contribution in [0.5, 0.6) is 0 Å². The van der Waals surface area contributed by atoms with Crippen molar-refractivity contribution in [1.29, 1.82) is 0 Å². The third-order valence-electron chi connectivity index (χ3n) is 4.78. The van der Waals surface area contributed by atoms with E-state index >= 15 is 0 Å². The monoisotopic (exact) mass is 274 g/mol. The summed E-state index contributed by atoms with van der Waals surface area (Å²) in [4.78, 5) is 4.47. The SMILES string of the molecule is O[C@@H]1C[C@@H](Nc2nc3ccccn3n2)C12CCOCC2. The van der Waals surface area contributed by atoms with Crippen LogP contribution in [0.4, 0.5) is 5.95 Å². The molecule has 1 spiro atoms. The number of pyridine rings is 1. The first-order valence-electron chi connectivity index (χ1n) is 7.12. The van der Waals surface area contributed by atoms with Crippen LogP contribution in [0.1, 0.15) is 19.3 Å². The number of hydrogen-bond acceptors (Lipinski definition) is 5. The van der Waals surface area contributed by atoms with Crippen molar-refractivity contribution in [3.8, 4) is 0 Å². The second-order valence-corrected chi connectivity index (χ2v) is 5.73. The van der Waals surface area contributed by atoms with E-state index in [-0.39, 0.29) is 17.6 Å². The molecule has 2 aromatic heterocycles. The first-order valence-corrected chi connectivity index (χ1v) is 7.12. The van der Waals surface area contributed by atoms with Crippen LogP contribution in [0.25, 0.3) is 5.65 Å². The summed E-state index contributed by atoms with van der Waals surface area (Å²) in [5.74, 6) is 0.638. The highest BCUT2D eigenvalue weighted by Crippen LogP contribution is 2.49. The molecule has 0 bridgehead atoms. The molecule has 2 fully saturated rings. The van der Waals surface area contributed by atoms with Gasteiger partial charge in [-0.05, 0) is 31.4 Å². The number of aliphatic hydroxyl groups excluding tert-OH is 1. The van der Waals surface area contributed by atoms with Crippen molar-refractivity contribution < 1.29 is 9.84 Å². The van der Waals surface area contributed by atoms with Gasteiger partial charge in [-0.3, -0.25) is 0 Å². The molecule has 6 heteroatoms. The van der Waals surface area contributed by atoms with Crippen molar-refractivity contribution >= 4 is 11.6 Å².